The van der Waals surface area contributed by atoms with Gasteiger partial charge in [0.2, 0.25) is 0 Å². The van der Waals surface area contributed by atoms with Crippen molar-refractivity contribution in [3.8, 4) is 17.6 Å². The molecule has 5 nitrogen and oxygen atoms in total. The number of likely N-dealkylation sites (tertiary alicyclic amines) is 1. The molecule has 3 aromatic rings. The summed E-state index contributed by atoms with van der Waals surface area (Å²) in [5.74, 6) is 5.38. The third-order valence-electron chi connectivity index (χ3n) is 6.67. The number of methoxy groups -OCH3 is 1. The van der Waals surface area contributed by atoms with Crippen LogP contribution < -0.4 is 4.74 Å². The predicted octanol–water partition coefficient (Wildman–Crippen LogP) is 5.43. The number of aromatic nitrogens is 1. The quantitative estimate of drug-likeness (QED) is 0.443. The predicted molar refractivity (Wildman–Crippen MR) is 135 cm³/mol. The number of hydrogen-bond acceptors (Lipinski definition) is 4. The molecule has 7 heteroatoms. The summed E-state index contributed by atoms with van der Waals surface area (Å²) in [7, 11) is 1.65. The van der Waals surface area contributed by atoms with Gasteiger partial charge in [-0.25, -0.2) is 4.39 Å². The van der Waals surface area contributed by atoms with Crippen LogP contribution in [0.5, 0.6) is 5.75 Å². The molecule has 0 aliphatic carbocycles. The molecule has 0 unspecified atom stereocenters. The molecule has 0 radical (unpaired) electrons. The van der Waals surface area contributed by atoms with Crippen LogP contribution in [0.4, 0.5) is 4.39 Å². The number of benzene rings is 2. The summed E-state index contributed by atoms with van der Waals surface area (Å²) < 4.78 is 18.6. The lowest BCUT2D eigenvalue weighted by molar-refractivity contribution is -0.146. The second-order valence-corrected chi connectivity index (χ2v) is 9.31. The lowest BCUT2D eigenvalue weighted by atomic mass is 9.81. The van der Waals surface area contributed by atoms with Crippen LogP contribution in [0, 0.1) is 29.5 Å². The highest BCUT2D eigenvalue weighted by Gasteiger charge is 2.33. The van der Waals surface area contributed by atoms with E-state index < -0.39 is 17.7 Å². The number of ether oxygens (including phenoxy) is 1. The molecule has 1 fully saturated rings. The highest BCUT2D eigenvalue weighted by molar-refractivity contribution is 6.31. The van der Waals surface area contributed by atoms with Gasteiger partial charge in [0.15, 0.2) is 0 Å². The molecular formula is C28H28ClFN2O3. The molecule has 0 amide bonds. The Labute approximate surface area is 209 Å². The second-order valence-electron chi connectivity index (χ2n) is 8.90. The minimum atomic E-state index is -0.756. The van der Waals surface area contributed by atoms with Crippen molar-refractivity contribution in [3.63, 3.8) is 0 Å². The number of aliphatic carboxylic acids is 1. The van der Waals surface area contributed by atoms with Crippen LogP contribution in [-0.4, -0.2) is 47.7 Å². The average molecular weight is 495 g/mol. The number of carboxylic acids is 1. The Morgan fingerprint density at radius 3 is 2.91 bits per heavy atom. The molecule has 1 saturated heterocycles. The van der Waals surface area contributed by atoms with Crippen LogP contribution in [0.15, 0.2) is 48.7 Å². The van der Waals surface area contributed by atoms with E-state index in [9.17, 15) is 14.3 Å². The van der Waals surface area contributed by atoms with E-state index in [2.05, 4.69) is 21.7 Å². The maximum Gasteiger partial charge on any atom is 0.308 e. The van der Waals surface area contributed by atoms with Gasteiger partial charge in [0.25, 0.3) is 0 Å². The molecule has 0 bridgehead atoms. The normalized spacial score (nSPS) is 18.1. The van der Waals surface area contributed by atoms with Crippen LogP contribution in [0.2, 0.25) is 5.02 Å². The Morgan fingerprint density at radius 1 is 1.29 bits per heavy atom. The minimum absolute atomic E-state index is 0.130. The zero-order chi connectivity index (χ0) is 24.8. The van der Waals surface area contributed by atoms with Gasteiger partial charge >= 0.3 is 5.97 Å². The van der Waals surface area contributed by atoms with Gasteiger partial charge in [-0.2, -0.15) is 0 Å². The maximum absolute atomic E-state index is 13.2. The van der Waals surface area contributed by atoms with Crippen LogP contribution in [0.25, 0.3) is 10.9 Å². The van der Waals surface area contributed by atoms with Crippen LogP contribution in [0.3, 0.4) is 0 Å². The van der Waals surface area contributed by atoms with Gasteiger partial charge in [-0.15, -0.1) is 0 Å². The van der Waals surface area contributed by atoms with E-state index in [1.807, 2.05) is 30.5 Å². The monoisotopic (exact) mass is 494 g/mol. The molecule has 0 spiro atoms. The number of fused-ring (bicyclic) bond motifs is 1. The van der Waals surface area contributed by atoms with E-state index in [1.165, 1.54) is 17.7 Å². The van der Waals surface area contributed by atoms with E-state index >= 15 is 0 Å². The Kier molecular flexibility index (Phi) is 8.22. The highest BCUT2D eigenvalue weighted by Crippen LogP contribution is 2.30. The van der Waals surface area contributed by atoms with Crippen molar-refractivity contribution < 1.29 is 19.0 Å². The van der Waals surface area contributed by atoms with E-state index in [-0.39, 0.29) is 10.9 Å². The average Bonchev–Trinajstić information content (AvgIpc) is 2.85. The number of carbonyl (C=O) groups is 1. The Hall–Kier alpha value is -3.14. The molecule has 2 atom stereocenters. The van der Waals surface area contributed by atoms with Gasteiger partial charge in [-0.1, -0.05) is 23.4 Å². The molecular weight excluding hydrogens is 467 g/mol. The number of pyridine rings is 1. The lowest BCUT2D eigenvalue weighted by Gasteiger charge is -2.35. The summed E-state index contributed by atoms with van der Waals surface area (Å²) in [5.41, 5.74) is 2.70. The summed E-state index contributed by atoms with van der Waals surface area (Å²) in [6.45, 7) is 1.73. The van der Waals surface area contributed by atoms with Gasteiger partial charge in [0.05, 0.1) is 30.1 Å². The first-order valence-corrected chi connectivity index (χ1v) is 12.1. The smallest absolute Gasteiger partial charge is 0.308 e. The zero-order valence-electron chi connectivity index (χ0n) is 19.6. The van der Waals surface area contributed by atoms with Crippen LogP contribution in [-0.2, 0) is 11.2 Å². The molecule has 2 aromatic carbocycles. The van der Waals surface area contributed by atoms with Gasteiger partial charge in [-0.3, -0.25) is 14.7 Å². The number of piperidine rings is 1. The summed E-state index contributed by atoms with van der Waals surface area (Å²) in [5, 5.41) is 11.2. The van der Waals surface area contributed by atoms with Crippen molar-refractivity contribution in [2.45, 2.75) is 25.7 Å². The van der Waals surface area contributed by atoms with E-state index in [4.69, 9.17) is 16.3 Å². The standard InChI is InChI=1S/C28H28ClFN2O3/c1-35-23-9-10-27-24(17-23)19(11-13-31-27)4-2-5-20-12-15-32(18-25(20)28(33)34)14-3-6-21-7-8-22(30)16-26(21)29/h7-11,13,16-17,20,25H,2,4-5,12,14-15,18H2,1H3,(H,33,34)/t20-,25+/m1/s1. The summed E-state index contributed by atoms with van der Waals surface area (Å²) in [4.78, 5) is 18.5. The first-order valence-electron chi connectivity index (χ1n) is 11.8. The van der Waals surface area contributed by atoms with Gasteiger partial charge < -0.3 is 9.84 Å². The molecule has 2 heterocycles. The third kappa shape index (κ3) is 6.30. The highest BCUT2D eigenvalue weighted by atomic mass is 35.5. The fourth-order valence-corrected chi connectivity index (χ4v) is 4.97. The van der Waals surface area contributed by atoms with Crippen molar-refractivity contribution in [1.82, 2.24) is 9.88 Å². The summed E-state index contributed by atoms with van der Waals surface area (Å²) in [6, 6.07) is 12.0. The van der Waals surface area contributed by atoms with Crippen LogP contribution in [0.1, 0.15) is 30.4 Å². The molecule has 1 aliphatic rings. The molecule has 1 aliphatic heterocycles. The molecule has 35 heavy (non-hydrogen) atoms. The molecule has 1 aromatic heterocycles. The van der Waals surface area contributed by atoms with Crippen molar-refractivity contribution >= 4 is 28.5 Å². The topological polar surface area (TPSA) is 62.7 Å². The number of carboxylic acid groups (broad SMARTS) is 1. The van der Waals surface area contributed by atoms with Crippen LogP contribution >= 0.6 is 11.6 Å². The number of rotatable bonds is 7. The molecule has 1 N–H and O–H groups in total. The first-order chi connectivity index (χ1) is 16.9. The fourth-order valence-electron chi connectivity index (χ4n) is 4.76. The number of halogens is 2. The van der Waals surface area contributed by atoms with Crippen molar-refractivity contribution in [2.24, 2.45) is 11.8 Å². The molecule has 4 rings (SSSR count). The SMILES string of the molecule is COc1ccc2nccc(CCC[C@@H]3CCN(CC#Cc4ccc(F)cc4Cl)C[C@@H]3C(=O)O)c2c1. The second kappa shape index (κ2) is 11.5. The Bertz CT molecular complexity index is 1270. The van der Waals surface area contributed by atoms with Gasteiger partial charge in [0.1, 0.15) is 11.6 Å². The largest absolute Gasteiger partial charge is 0.497 e. The number of aryl methyl sites for hydroxylation is 1. The van der Waals surface area contributed by atoms with Crippen molar-refractivity contribution in [3.05, 3.63) is 70.6 Å². The Morgan fingerprint density at radius 2 is 2.14 bits per heavy atom. The number of nitrogens with zero attached hydrogens (tertiary/aromatic N) is 2. The van der Waals surface area contributed by atoms with Gasteiger partial charge in [0, 0.05) is 23.7 Å². The van der Waals surface area contributed by atoms with Gasteiger partial charge in [-0.05, 0) is 86.2 Å². The van der Waals surface area contributed by atoms with E-state index in [0.29, 0.717) is 18.7 Å². The number of hydrogen-bond donors (Lipinski definition) is 1. The molecule has 0 saturated carbocycles. The molecule has 182 valence electrons. The minimum Gasteiger partial charge on any atom is -0.497 e. The van der Waals surface area contributed by atoms with E-state index in [0.717, 1.165) is 48.9 Å². The lowest BCUT2D eigenvalue weighted by Crippen LogP contribution is -2.44. The summed E-state index contributed by atoms with van der Waals surface area (Å²) >= 11 is 6.03. The van der Waals surface area contributed by atoms with E-state index in [1.54, 1.807) is 13.2 Å². The van der Waals surface area contributed by atoms with Crippen molar-refractivity contribution in [2.75, 3.05) is 26.7 Å². The zero-order valence-corrected chi connectivity index (χ0v) is 20.4. The fraction of sp³-hybridized carbons (Fsp3) is 0.357. The Balaban J connectivity index is 1.34. The van der Waals surface area contributed by atoms with Crippen molar-refractivity contribution in [1.29, 1.82) is 0 Å². The third-order valence-corrected chi connectivity index (χ3v) is 6.99. The maximum atomic E-state index is 13.2. The first kappa shape index (κ1) is 25.0. The summed E-state index contributed by atoms with van der Waals surface area (Å²) in [6.07, 6.45) is 5.27.